The number of nitrogens with one attached hydrogen (secondary N) is 1. The summed E-state index contributed by atoms with van der Waals surface area (Å²) < 4.78 is 34.4. The van der Waals surface area contributed by atoms with Gasteiger partial charge in [0.05, 0.1) is 18.3 Å². The van der Waals surface area contributed by atoms with E-state index in [2.05, 4.69) is 5.09 Å². The van der Waals surface area contributed by atoms with E-state index in [1.807, 2.05) is 0 Å². The lowest BCUT2D eigenvalue weighted by molar-refractivity contribution is -0.149. The Morgan fingerprint density at radius 1 is 1.15 bits per heavy atom. The summed E-state index contributed by atoms with van der Waals surface area (Å²) in [6.07, 6.45) is 0.880. The zero-order chi connectivity index (χ0) is 25.0. The molecule has 3 rings (SSSR count). The van der Waals surface area contributed by atoms with Crippen LogP contribution < -0.4 is 15.0 Å². The molecule has 3 aromatic rings. The van der Waals surface area contributed by atoms with Crippen LogP contribution in [0.3, 0.4) is 0 Å². The van der Waals surface area contributed by atoms with Gasteiger partial charge in [-0.05, 0) is 45.4 Å². The van der Waals surface area contributed by atoms with Gasteiger partial charge in [-0.25, -0.2) is 4.57 Å². The molecular formula is C23H26NO9P. The van der Waals surface area contributed by atoms with Gasteiger partial charge >= 0.3 is 13.7 Å². The summed E-state index contributed by atoms with van der Waals surface area (Å²) in [5, 5.41) is 22.1. The van der Waals surface area contributed by atoms with Crippen LogP contribution in [0.5, 0.6) is 17.2 Å². The molecule has 0 saturated carbocycles. The number of ether oxygens (including phenoxy) is 1. The molecule has 182 valence electrons. The van der Waals surface area contributed by atoms with Gasteiger partial charge in [0.15, 0.2) is 0 Å². The molecule has 2 aromatic carbocycles. The van der Waals surface area contributed by atoms with Crippen molar-refractivity contribution in [3.05, 3.63) is 52.9 Å². The Hall–Kier alpha value is -3.33. The minimum atomic E-state index is -3.92. The maximum Gasteiger partial charge on any atom is 0.459 e. The zero-order valence-corrected chi connectivity index (χ0v) is 20.0. The van der Waals surface area contributed by atoms with Crippen LogP contribution in [0.1, 0.15) is 27.7 Å². The monoisotopic (exact) mass is 491 g/mol. The Kier molecular flexibility index (Phi) is 7.66. The van der Waals surface area contributed by atoms with E-state index in [9.17, 15) is 24.4 Å². The summed E-state index contributed by atoms with van der Waals surface area (Å²) in [6.45, 7) is 6.58. The summed E-state index contributed by atoms with van der Waals surface area (Å²) in [5.41, 5.74) is 0.159. The van der Waals surface area contributed by atoms with E-state index in [1.54, 1.807) is 20.8 Å². The fourth-order valence-corrected chi connectivity index (χ4v) is 4.63. The van der Waals surface area contributed by atoms with Gasteiger partial charge in [0.2, 0.25) is 5.43 Å². The second-order valence-electron chi connectivity index (χ2n) is 7.68. The van der Waals surface area contributed by atoms with Gasteiger partial charge < -0.3 is 23.9 Å². The fraction of sp³-hybridized carbons (Fsp3) is 0.304. The van der Waals surface area contributed by atoms with Crippen molar-refractivity contribution in [1.82, 2.24) is 5.09 Å². The van der Waals surface area contributed by atoms with Crippen LogP contribution in [0.4, 0.5) is 0 Å². The fourth-order valence-electron chi connectivity index (χ4n) is 3.14. The van der Waals surface area contributed by atoms with E-state index in [0.717, 1.165) is 6.07 Å². The molecule has 0 fully saturated rings. The van der Waals surface area contributed by atoms with Crippen molar-refractivity contribution in [1.29, 1.82) is 0 Å². The molecule has 2 atom stereocenters. The van der Waals surface area contributed by atoms with Crippen LogP contribution in [0.25, 0.3) is 22.1 Å². The number of carbonyl (C=O) groups excluding carboxylic acids is 1. The number of hydrogen-bond acceptors (Lipinski definition) is 9. The standard InChI is InChI=1S/C23H26NO9P/c1-5-31-34(29,24-14(4)23(28)32-13(2)3)33-17-8-6-15(7-9-17)18-12-30-20-11-16(25)10-19(26)21(20)22(18)27/h6-14,25-26H,5H2,1-4H3,(H,24,29)/t14-,34?/m0/s1. The SMILES string of the molecule is CCOP(=O)(N[C@@H](C)C(=O)OC(C)C)Oc1ccc(-c2coc3cc(O)cc(O)c3c2=O)cc1. The van der Waals surface area contributed by atoms with Crippen LogP contribution >= 0.6 is 7.75 Å². The number of esters is 1. The van der Waals surface area contributed by atoms with Gasteiger partial charge in [-0.2, -0.15) is 5.09 Å². The van der Waals surface area contributed by atoms with Crippen LogP contribution in [-0.2, 0) is 18.6 Å². The third kappa shape index (κ3) is 5.77. The molecule has 1 heterocycles. The van der Waals surface area contributed by atoms with Crippen molar-refractivity contribution in [3.8, 4) is 28.4 Å². The van der Waals surface area contributed by atoms with Crippen molar-refractivity contribution in [2.45, 2.75) is 39.8 Å². The molecule has 0 aliphatic rings. The molecule has 0 saturated heterocycles. The van der Waals surface area contributed by atoms with Crippen molar-refractivity contribution in [3.63, 3.8) is 0 Å². The number of carbonyl (C=O) groups is 1. The topological polar surface area (TPSA) is 145 Å². The quantitative estimate of drug-likeness (QED) is 0.292. The van der Waals surface area contributed by atoms with Crippen molar-refractivity contribution in [2.75, 3.05) is 6.61 Å². The third-order valence-electron chi connectivity index (χ3n) is 4.59. The molecule has 11 heteroatoms. The van der Waals surface area contributed by atoms with E-state index in [4.69, 9.17) is 18.2 Å². The molecule has 0 radical (unpaired) electrons. The first-order valence-electron chi connectivity index (χ1n) is 10.5. The average Bonchev–Trinajstić information content (AvgIpc) is 2.73. The molecule has 0 spiro atoms. The van der Waals surface area contributed by atoms with E-state index < -0.39 is 30.9 Å². The first-order valence-corrected chi connectivity index (χ1v) is 12.1. The number of phenols is 2. The van der Waals surface area contributed by atoms with Gasteiger partial charge in [-0.3, -0.25) is 14.1 Å². The molecule has 0 bridgehead atoms. The second-order valence-corrected chi connectivity index (χ2v) is 9.38. The number of fused-ring (bicyclic) bond motifs is 1. The van der Waals surface area contributed by atoms with E-state index >= 15 is 0 Å². The lowest BCUT2D eigenvalue weighted by Gasteiger charge is -2.23. The average molecular weight is 491 g/mol. The number of phenolic OH excluding ortho intramolecular Hbond substituents is 2. The van der Waals surface area contributed by atoms with Gasteiger partial charge in [0.25, 0.3) is 0 Å². The molecular weight excluding hydrogens is 465 g/mol. The van der Waals surface area contributed by atoms with Gasteiger partial charge in [-0.1, -0.05) is 12.1 Å². The van der Waals surface area contributed by atoms with Crippen molar-refractivity contribution in [2.24, 2.45) is 0 Å². The zero-order valence-electron chi connectivity index (χ0n) is 19.1. The highest BCUT2D eigenvalue weighted by atomic mass is 31.2. The van der Waals surface area contributed by atoms with Crippen LogP contribution in [0.15, 0.2) is 51.9 Å². The molecule has 3 N–H and O–H groups in total. The van der Waals surface area contributed by atoms with E-state index in [-0.39, 0.29) is 40.7 Å². The summed E-state index contributed by atoms with van der Waals surface area (Å²) >= 11 is 0. The highest BCUT2D eigenvalue weighted by Crippen LogP contribution is 2.45. The van der Waals surface area contributed by atoms with Crippen LogP contribution in [0, 0.1) is 0 Å². The van der Waals surface area contributed by atoms with Gasteiger partial charge in [-0.15, -0.1) is 0 Å². The summed E-state index contributed by atoms with van der Waals surface area (Å²) in [4.78, 5) is 24.9. The predicted molar refractivity (Wildman–Crippen MR) is 125 cm³/mol. The smallest absolute Gasteiger partial charge is 0.459 e. The van der Waals surface area contributed by atoms with E-state index in [1.165, 1.54) is 43.5 Å². The minimum absolute atomic E-state index is 0.0417. The van der Waals surface area contributed by atoms with Gasteiger partial charge in [0, 0.05) is 12.1 Å². The lowest BCUT2D eigenvalue weighted by atomic mass is 10.0. The number of hydrogen-bond donors (Lipinski definition) is 3. The number of aromatic hydroxyl groups is 2. The Labute approximate surface area is 195 Å². The molecule has 0 aliphatic heterocycles. The Balaban J connectivity index is 1.84. The largest absolute Gasteiger partial charge is 0.508 e. The third-order valence-corrected chi connectivity index (χ3v) is 6.34. The van der Waals surface area contributed by atoms with Crippen molar-refractivity contribution < 1.29 is 37.8 Å². The van der Waals surface area contributed by atoms with Crippen LogP contribution in [0.2, 0.25) is 0 Å². The first-order chi connectivity index (χ1) is 16.0. The Morgan fingerprint density at radius 3 is 2.44 bits per heavy atom. The van der Waals surface area contributed by atoms with Gasteiger partial charge in [0.1, 0.15) is 40.5 Å². The molecule has 0 amide bonds. The maximum absolute atomic E-state index is 13.1. The lowest BCUT2D eigenvalue weighted by Crippen LogP contribution is -2.36. The molecule has 0 aliphatic carbocycles. The maximum atomic E-state index is 13.1. The summed E-state index contributed by atoms with van der Waals surface area (Å²) in [7, 11) is -3.92. The minimum Gasteiger partial charge on any atom is -0.508 e. The normalized spacial score (nSPS) is 14.0. The number of benzene rings is 2. The molecule has 34 heavy (non-hydrogen) atoms. The second kappa shape index (κ2) is 10.3. The summed E-state index contributed by atoms with van der Waals surface area (Å²) in [5.74, 6) is -1.08. The highest BCUT2D eigenvalue weighted by molar-refractivity contribution is 7.52. The first kappa shape index (κ1) is 25.3. The molecule has 10 nitrogen and oxygen atoms in total. The number of rotatable bonds is 9. The van der Waals surface area contributed by atoms with Crippen LogP contribution in [-0.4, -0.2) is 34.9 Å². The predicted octanol–water partition coefficient (Wildman–Crippen LogP) is 4.32. The molecule has 1 unspecified atom stereocenters. The highest BCUT2D eigenvalue weighted by Gasteiger charge is 2.32. The van der Waals surface area contributed by atoms with E-state index in [0.29, 0.717) is 5.56 Å². The Bertz CT molecular complexity index is 1280. The Morgan fingerprint density at radius 2 is 1.82 bits per heavy atom. The molecule has 1 aromatic heterocycles. The van der Waals surface area contributed by atoms with Crippen molar-refractivity contribution >= 4 is 24.7 Å². The summed E-state index contributed by atoms with van der Waals surface area (Å²) in [6, 6.07) is 7.35.